The molecule has 0 radical (unpaired) electrons. The third-order valence-corrected chi connectivity index (χ3v) is 3.53. The molecule has 1 aromatic rings. The van der Waals surface area contributed by atoms with Crippen LogP contribution in [-0.2, 0) is 23.9 Å². The molecule has 1 aromatic carbocycles. The van der Waals surface area contributed by atoms with Crippen molar-refractivity contribution in [2.75, 3.05) is 19.8 Å². The summed E-state index contributed by atoms with van der Waals surface area (Å²) in [6, 6.07) is 6.14. The summed E-state index contributed by atoms with van der Waals surface area (Å²) in [6.45, 7) is 3.83. The van der Waals surface area contributed by atoms with Crippen LogP contribution in [0.3, 0.4) is 0 Å². The van der Waals surface area contributed by atoms with Gasteiger partial charge in [0.2, 0.25) is 5.91 Å². The summed E-state index contributed by atoms with van der Waals surface area (Å²) >= 11 is 4.87. The maximum absolute atomic E-state index is 11.8. The number of carbonyl (C=O) groups excluding carboxylic acids is 4. The number of esters is 2. The summed E-state index contributed by atoms with van der Waals surface area (Å²) in [5, 5.41) is 2.18. The summed E-state index contributed by atoms with van der Waals surface area (Å²) in [5.74, 6) is -1.58. The molecule has 1 rings (SSSR count). The van der Waals surface area contributed by atoms with E-state index in [-0.39, 0.29) is 31.2 Å². The average molecular weight is 439 g/mol. The van der Waals surface area contributed by atoms with Gasteiger partial charge in [0.05, 0.1) is 25.2 Å². The minimum absolute atomic E-state index is 0.0718. The van der Waals surface area contributed by atoms with Crippen LogP contribution in [0.1, 0.15) is 43.5 Å². The van der Waals surface area contributed by atoms with Crippen LogP contribution in [0.25, 0.3) is 0 Å². The first kappa shape index (κ1) is 24.8. The Labute approximate surface area is 179 Å². The first-order valence-electron chi connectivity index (χ1n) is 9.30. The lowest BCUT2D eigenvalue weighted by atomic mass is 10.2. The topological polar surface area (TPSA) is 132 Å². The monoisotopic (exact) mass is 439 g/mol. The van der Waals surface area contributed by atoms with Gasteiger partial charge in [-0.05, 0) is 49.8 Å². The molecule has 3 N–H and O–H groups in total. The van der Waals surface area contributed by atoms with E-state index in [1.807, 2.05) is 6.92 Å². The molecule has 0 fully saturated rings. The van der Waals surface area contributed by atoms with Gasteiger partial charge in [-0.3, -0.25) is 25.2 Å². The van der Waals surface area contributed by atoms with Gasteiger partial charge in [0, 0.05) is 6.42 Å². The van der Waals surface area contributed by atoms with Crippen molar-refractivity contribution in [2.24, 2.45) is 0 Å². The molecule has 0 aliphatic rings. The van der Waals surface area contributed by atoms with Crippen molar-refractivity contribution < 1.29 is 33.4 Å². The second kappa shape index (κ2) is 13.9. The lowest BCUT2D eigenvalue weighted by Gasteiger charge is -2.11. The number of thiocarbonyl (C=S) groups is 1. The van der Waals surface area contributed by atoms with Crippen molar-refractivity contribution in [1.29, 1.82) is 0 Å². The Kier molecular flexibility index (Phi) is 11.5. The van der Waals surface area contributed by atoms with Crippen molar-refractivity contribution in [3.8, 4) is 5.75 Å². The molecule has 0 atom stereocenters. The highest BCUT2D eigenvalue weighted by Gasteiger charge is 2.10. The van der Waals surface area contributed by atoms with Gasteiger partial charge in [0.25, 0.3) is 5.91 Å². The molecule has 0 unspecified atom stereocenters. The Morgan fingerprint density at radius 3 is 2.27 bits per heavy atom. The number of benzene rings is 1. The van der Waals surface area contributed by atoms with E-state index < -0.39 is 23.8 Å². The Balaban J connectivity index is 2.28. The van der Waals surface area contributed by atoms with E-state index >= 15 is 0 Å². The lowest BCUT2D eigenvalue weighted by molar-refractivity contribution is -0.144. The molecule has 0 spiro atoms. The lowest BCUT2D eigenvalue weighted by Crippen LogP contribution is -2.49. The minimum Gasteiger partial charge on any atom is -0.484 e. The summed E-state index contributed by atoms with van der Waals surface area (Å²) in [6.07, 6.45) is 0.564. The van der Waals surface area contributed by atoms with Gasteiger partial charge < -0.3 is 19.5 Å². The van der Waals surface area contributed by atoms with Crippen LogP contribution in [0.15, 0.2) is 24.3 Å². The molecule has 164 valence electrons. The van der Waals surface area contributed by atoms with Crippen LogP contribution in [0.4, 0.5) is 0 Å². The van der Waals surface area contributed by atoms with Crippen molar-refractivity contribution >= 4 is 41.1 Å². The summed E-state index contributed by atoms with van der Waals surface area (Å²) < 4.78 is 15.0. The first-order chi connectivity index (χ1) is 14.3. The van der Waals surface area contributed by atoms with E-state index in [0.717, 1.165) is 6.42 Å². The fourth-order valence-corrected chi connectivity index (χ4v) is 2.11. The Bertz CT molecular complexity index is 753. The number of rotatable bonds is 10. The molecule has 11 heteroatoms. The van der Waals surface area contributed by atoms with Crippen LogP contribution < -0.4 is 20.9 Å². The molecule has 0 saturated carbocycles. The number of carbonyl (C=O) groups is 4. The highest BCUT2D eigenvalue weighted by Crippen LogP contribution is 2.13. The smallest absolute Gasteiger partial charge is 0.338 e. The predicted octanol–water partition coefficient (Wildman–Crippen LogP) is 0.997. The average Bonchev–Trinajstić information content (AvgIpc) is 2.73. The van der Waals surface area contributed by atoms with Gasteiger partial charge >= 0.3 is 11.9 Å². The van der Waals surface area contributed by atoms with Crippen molar-refractivity contribution in [3.05, 3.63) is 29.8 Å². The van der Waals surface area contributed by atoms with Crippen LogP contribution in [0.5, 0.6) is 5.75 Å². The van der Waals surface area contributed by atoms with Gasteiger partial charge in [0.1, 0.15) is 5.75 Å². The molecular weight excluding hydrogens is 414 g/mol. The SMILES string of the molecule is CCCOC(=O)c1ccc(OCC(=O)NNC(=S)NC(=O)CCC(=O)OCC)cc1. The van der Waals surface area contributed by atoms with Gasteiger partial charge in [-0.1, -0.05) is 6.92 Å². The maximum atomic E-state index is 11.8. The summed E-state index contributed by atoms with van der Waals surface area (Å²) in [5.41, 5.74) is 4.99. The molecule has 0 bridgehead atoms. The normalized spacial score (nSPS) is 9.80. The van der Waals surface area contributed by atoms with Crippen molar-refractivity contribution in [1.82, 2.24) is 16.2 Å². The second-order valence-corrected chi connectivity index (χ2v) is 6.21. The highest BCUT2D eigenvalue weighted by molar-refractivity contribution is 7.80. The van der Waals surface area contributed by atoms with Gasteiger partial charge in [0.15, 0.2) is 11.7 Å². The van der Waals surface area contributed by atoms with Gasteiger partial charge in [-0.2, -0.15) is 0 Å². The van der Waals surface area contributed by atoms with Crippen LogP contribution >= 0.6 is 12.2 Å². The molecular formula is C19H25N3O7S. The maximum Gasteiger partial charge on any atom is 0.338 e. The quantitative estimate of drug-likeness (QED) is 0.277. The molecule has 10 nitrogen and oxygen atoms in total. The molecule has 0 saturated heterocycles. The Morgan fingerprint density at radius 1 is 0.933 bits per heavy atom. The fourth-order valence-electron chi connectivity index (χ4n) is 1.95. The molecule has 0 aliphatic carbocycles. The Hall–Kier alpha value is -3.21. The highest BCUT2D eigenvalue weighted by atomic mass is 32.1. The van der Waals surface area contributed by atoms with Crippen molar-refractivity contribution in [2.45, 2.75) is 33.1 Å². The molecule has 0 aromatic heterocycles. The van der Waals surface area contributed by atoms with E-state index in [1.54, 1.807) is 6.92 Å². The van der Waals surface area contributed by atoms with E-state index in [0.29, 0.717) is 17.9 Å². The fraction of sp³-hybridized carbons (Fsp3) is 0.421. The zero-order valence-corrected chi connectivity index (χ0v) is 17.6. The number of hydrogen-bond donors (Lipinski definition) is 3. The van der Waals surface area contributed by atoms with E-state index in [4.69, 9.17) is 26.4 Å². The standard InChI is InChI=1S/C19H25N3O7S/c1-3-11-28-18(26)13-5-7-14(8-6-13)29-12-16(24)21-22-19(30)20-15(23)9-10-17(25)27-4-2/h5-8H,3-4,9-12H2,1-2H3,(H,21,24)(H2,20,22,23,30). The van der Waals surface area contributed by atoms with E-state index in [1.165, 1.54) is 24.3 Å². The van der Waals surface area contributed by atoms with Gasteiger partial charge in [-0.25, -0.2) is 4.79 Å². The van der Waals surface area contributed by atoms with Crippen LogP contribution in [0, 0.1) is 0 Å². The zero-order valence-electron chi connectivity index (χ0n) is 16.8. The molecule has 0 heterocycles. The molecule has 2 amide bonds. The van der Waals surface area contributed by atoms with Crippen molar-refractivity contribution in [3.63, 3.8) is 0 Å². The Morgan fingerprint density at radius 2 is 1.63 bits per heavy atom. The number of hydrazine groups is 1. The third-order valence-electron chi connectivity index (χ3n) is 3.33. The van der Waals surface area contributed by atoms with Gasteiger partial charge in [-0.15, -0.1) is 0 Å². The van der Waals surface area contributed by atoms with Crippen LogP contribution in [0.2, 0.25) is 0 Å². The molecule has 0 aliphatic heterocycles. The van der Waals surface area contributed by atoms with E-state index in [9.17, 15) is 19.2 Å². The third kappa shape index (κ3) is 10.4. The second-order valence-electron chi connectivity index (χ2n) is 5.80. The minimum atomic E-state index is -0.551. The number of amides is 2. The number of hydrogen-bond acceptors (Lipinski definition) is 8. The summed E-state index contributed by atoms with van der Waals surface area (Å²) in [4.78, 5) is 46.3. The molecule has 30 heavy (non-hydrogen) atoms. The predicted molar refractivity (Wildman–Crippen MR) is 110 cm³/mol. The van der Waals surface area contributed by atoms with Crippen LogP contribution in [-0.4, -0.2) is 48.7 Å². The number of nitrogens with one attached hydrogen (secondary N) is 3. The van der Waals surface area contributed by atoms with E-state index in [2.05, 4.69) is 16.2 Å². The summed E-state index contributed by atoms with van der Waals surface area (Å²) in [7, 11) is 0. The first-order valence-corrected chi connectivity index (χ1v) is 9.70. The zero-order chi connectivity index (χ0) is 22.4. The number of ether oxygens (including phenoxy) is 3. The largest absolute Gasteiger partial charge is 0.484 e.